The van der Waals surface area contributed by atoms with Crippen molar-refractivity contribution in [3.05, 3.63) is 40.5 Å². The molecule has 7 heteroatoms. The van der Waals surface area contributed by atoms with E-state index in [4.69, 9.17) is 16.3 Å². The predicted octanol–water partition coefficient (Wildman–Crippen LogP) is 4.35. The summed E-state index contributed by atoms with van der Waals surface area (Å²) in [6.07, 6.45) is 4.83. The van der Waals surface area contributed by atoms with Crippen molar-refractivity contribution in [1.82, 2.24) is 9.97 Å². The summed E-state index contributed by atoms with van der Waals surface area (Å²) in [4.78, 5) is 23.2. The molecule has 1 fully saturated rings. The van der Waals surface area contributed by atoms with Crippen molar-refractivity contribution in [3.63, 3.8) is 0 Å². The highest BCUT2D eigenvalue weighted by Gasteiger charge is 2.15. The second-order valence-electron chi connectivity index (χ2n) is 6.41. The summed E-state index contributed by atoms with van der Waals surface area (Å²) in [5.74, 6) is 0.976. The standard InChI is InChI=1S/C19H23ClN4O2/c1-13-11-17(23-19(21-13)24-9-5-3-4-6-10-24)22-16-12-14(18(25)26-2)7-8-15(16)20/h7-8,11-12H,3-6,9-10H2,1-2H3,(H,21,22,23). The molecule has 2 heterocycles. The van der Waals surface area contributed by atoms with Crippen molar-refractivity contribution in [2.24, 2.45) is 0 Å². The van der Waals surface area contributed by atoms with Crippen LogP contribution in [0.3, 0.4) is 0 Å². The first-order valence-corrected chi connectivity index (χ1v) is 9.20. The Morgan fingerprint density at radius 1 is 1.15 bits per heavy atom. The summed E-state index contributed by atoms with van der Waals surface area (Å²) in [6.45, 7) is 3.89. The number of halogens is 1. The highest BCUT2D eigenvalue weighted by molar-refractivity contribution is 6.33. The maximum absolute atomic E-state index is 11.8. The topological polar surface area (TPSA) is 67.3 Å². The van der Waals surface area contributed by atoms with Gasteiger partial charge in [0.25, 0.3) is 0 Å². The van der Waals surface area contributed by atoms with E-state index in [1.807, 2.05) is 13.0 Å². The second-order valence-corrected chi connectivity index (χ2v) is 6.81. The van der Waals surface area contributed by atoms with Gasteiger partial charge in [0, 0.05) is 24.8 Å². The van der Waals surface area contributed by atoms with Gasteiger partial charge in [-0.25, -0.2) is 9.78 Å². The summed E-state index contributed by atoms with van der Waals surface area (Å²) in [6, 6.07) is 6.83. The number of carbonyl (C=O) groups is 1. The first-order valence-electron chi connectivity index (χ1n) is 8.82. The monoisotopic (exact) mass is 374 g/mol. The summed E-state index contributed by atoms with van der Waals surface area (Å²) in [5.41, 5.74) is 1.91. The molecular weight excluding hydrogens is 352 g/mol. The van der Waals surface area contributed by atoms with E-state index in [-0.39, 0.29) is 0 Å². The van der Waals surface area contributed by atoms with Gasteiger partial charge in [0.1, 0.15) is 5.82 Å². The Hall–Kier alpha value is -2.34. The lowest BCUT2D eigenvalue weighted by Gasteiger charge is -2.21. The minimum absolute atomic E-state index is 0.408. The average Bonchev–Trinajstić information content (AvgIpc) is 2.92. The Bertz CT molecular complexity index is 789. The Morgan fingerprint density at radius 2 is 1.88 bits per heavy atom. The number of nitrogens with one attached hydrogen (secondary N) is 1. The van der Waals surface area contributed by atoms with Crippen LogP contribution in [0.25, 0.3) is 0 Å². The van der Waals surface area contributed by atoms with Crippen LogP contribution >= 0.6 is 11.6 Å². The van der Waals surface area contributed by atoms with E-state index in [0.717, 1.165) is 37.6 Å². The van der Waals surface area contributed by atoms with E-state index in [2.05, 4.69) is 20.2 Å². The number of carbonyl (C=O) groups excluding carboxylic acids is 1. The molecule has 3 rings (SSSR count). The Labute approximate surface area is 158 Å². The molecule has 0 amide bonds. The van der Waals surface area contributed by atoms with Crippen LogP contribution < -0.4 is 10.2 Å². The molecule has 0 saturated carbocycles. The van der Waals surface area contributed by atoms with Crippen LogP contribution in [-0.4, -0.2) is 36.1 Å². The average molecular weight is 375 g/mol. The predicted molar refractivity (Wildman–Crippen MR) is 104 cm³/mol. The molecule has 138 valence electrons. The van der Waals surface area contributed by atoms with Crippen molar-refractivity contribution in [2.45, 2.75) is 32.6 Å². The van der Waals surface area contributed by atoms with Gasteiger partial charge in [0.05, 0.1) is 23.4 Å². The van der Waals surface area contributed by atoms with Crippen molar-refractivity contribution in [3.8, 4) is 0 Å². The number of rotatable bonds is 4. The molecule has 1 aliphatic rings. The van der Waals surface area contributed by atoms with Gasteiger partial charge in [-0.15, -0.1) is 0 Å². The summed E-state index contributed by atoms with van der Waals surface area (Å²) >= 11 is 6.28. The van der Waals surface area contributed by atoms with E-state index in [0.29, 0.717) is 22.1 Å². The molecule has 2 aromatic rings. The molecule has 0 unspecified atom stereocenters. The smallest absolute Gasteiger partial charge is 0.337 e. The molecule has 0 bridgehead atoms. The lowest BCUT2D eigenvalue weighted by Crippen LogP contribution is -2.26. The van der Waals surface area contributed by atoms with Gasteiger partial charge in [-0.1, -0.05) is 24.4 Å². The number of hydrogen-bond donors (Lipinski definition) is 1. The van der Waals surface area contributed by atoms with Gasteiger partial charge < -0.3 is 15.0 Å². The van der Waals surface area contributed by atoms with Crippen LogP contribution in [-0.2, 0) is 4.74 Å². The van der Waals surface area contributed by atoms with Gasteiger partial charge in [0.15, 0.2) is 0 Å². The Morgan fingerprint density at radius 3 is 2.58 bits per heavy atom. The first-order chi connectivity index (χ1) is 12.6. The number of hydrogen-bond acceptors (Lipinski definition) is 6. The van der Waals surface area contributed by atoms with Crippen LogP contribution in [0.15, 0.2) is 24.3 Å². The van der Waals surface area contributed by atoms with E-state index >= 15 is 0 Å². The maximum Gasteiger partial charge on any atom is 0.337 e. The van der Waals surface area contributed by atoms with E-state index in [1.165, 1.54) is 20.0 Å². The first kappa shape index (κ1) is 18.5. The molecule has 1 N–H and O–H groups in total. The van der Waals surface area contributed by atoms with Crippen molar-refractivity contribution >= 4 is 35.0 Å². The third-order valence-electron chi connectivity index (χ3n) is 4.38. The van der Waals surface area contributed by atoms with E-state index in [1.54, 1.807) is 18.2 Å². The van der Waals surface area contributed by atoms with Crippen LogP contribution in [0.2, 0.25) is 5.02 Å². The molecule has 26 heavy (non-hydrogen) atoms. The second kappa shape index (κ2) is 8.36. The Balaban J connectivity index is 1.87. The fourth-order valence-corrected chi connectivity index (χ4v) is 3.20. The molecule has 1 saturated heterocycles. The number of aromatic nitrogens is 2. The number of benzene rings is 1. The van der Waals surface area contributed by atoms with Gasteiger partial charge in [-0.3, -0.25) is 0 Å². The molecule has 0 atom stereocenters. The van der Waals surface area contributed by atoms with Crippen molar-refractivity contribution in [1.29, 1.82) is 0 Å². The van der Waals surface area contributed by atoms with Crippen LogP contribution in [0.4, 0.5) is 17.5 Å². The molecule has 0 radical (unpaired) electrons. The van der Waals surface area contributed by atoms with Crippen LogP contribution in [0.1, 0.15) is 41.7 Å². The van der Waals surface area contributed by atoms with E-state index in [9.17, 15) is 4.79 Å². The van der Waals surface area contributed by atoms with Gasteiger partial charge in [-0.2, -0.15) is 4.98 Å². The molecule has 1 aromatic carbocycles. The minimum atomic E-state index is -0.408. The van der Waals surface area contributed by atoms with Crippen LogP contribution in [0.5, 0.6) is 0 Å². The van der Waals surface area contributed by atoms with Crippen molar-refractivity contribution in [2.75, 3.05) is 30.4 Å². The molecule has 0 aliphatic carbocycles. The summed E-state index contributed by atoms with van der Waals surface area (Å²) < 4.78 is 4.77. The third-order valence-corrected chi connectivity index (χ3v) is 4.71. The Kier molecular flexibility index (Phi) is 5.93. The molecule has 1 aromatic heterocycles. The number of ether oxygens (including phenoxy) is 1. The largest absolute Gasteiger partial charge is 0.465 e. The number of esters is 1. The quantitative estimate of drug-likeness (QED) is 0.802. The van der Waals surface area contributed by atoms with Gasteiger partial charge >= 0.3 is 5.97 Å². The zero-order valence-electron chi connectivity index (χ0n) is 15.1. The van der Waals surface area contributed by atoms with Crippen LogP contribution in [0, 0.1) is 6.92 Å². The highest BCUT2D eigenvalue weighted by Crippen LogP contribution is 2.27. The van der Waals surface area contributed by atoms with Gasteiger partial charge in [-0.05, 0) is 38.0 Å². The van der Waals surface area contributed by atoms with E-state index < -0.39 is 5.97 Å². The molecule has 6 nitrogen and oxygen atoms in total. The zero-order valence-corrected chi connectivity index (χ0v) is 15.8. The summed E-state index contributed by atoms with van der Waals surface area (Å²) in [7, 11) is 1.35. The lowest BCUT2D eigenvalue weighted by molar-refractivity contribution is 0.0601. The fourth-order valence-electron chi connectivity index (χ4n) is 3.03. The highest BCUT2D eigenvalue weighted by atomic mass is 35.5. The third kappa shape index (κ3) is 4.43. The van der Waals surface area contributed by atoms with Gasteiger partial charge in [0.2, 0.25) is 5.95 Å². The maximum atomic E-state index is 11.8. The lowest BCUT2D eigenvalue weighted by atomic mass is 10.2. The normalized spacial score (nSPS) is 14.7. The minimum Gasteiger partial charge on any atom is -0.465 e. The SMILES string of the molecule is COC(=O)c1ccc(Cl)c(Nc2cc(C)nc(N3CCCCCC3)n2)c1. The summed E-state index contributed by atoms with van der Waals surface area (Å²) in [5, 5.41) is 3.71. The molecule has 0 spiro atoms. The molecular formula is C19H23ClN4O2. The number of methoxy groups -OCH3 is 1. The molecule has 1 aliphatic heterocycles. The zero-order chi connectivity index (χ0) is 18.5. The number of anilines is 3. The van der Waals surface area contributed by atoms with Crippen molar-refractivity contribution < 1.29 is 9.53 Å². The fraction of sp³-hybridized carbons (Fsp3) is 0.421. The number of aryl methyl sites for hydroxylation is 1. The number of nitrogens with zero attached hydrogens (tertiary/aromatic N) is 3.